The van der Waals surface area contributed by atoms with E-state index in [0.29, 0.717) is 48.2 Å². The molecule has 7 nitrogen and oxygen atoms in total. The molecule has 1 amide bonds. The maximum absolute atomic E-state index is 13.2. The minimum atomic E-state index is -3.77. The molecule has 0 aliphatic carbocycles. The number of ether oxygens (including phenoxy) is 1. The number of hydroxylamine groups is 2. The number of amides is 1. The fourth-order valence-corrected chi connectivity index (χ4v) is 5.44. The second-order valence-corrected chi connectivity index (χ2v) is 9.52. The Labute approximate surface area is 181 Å². The van der Waals surface area contributed by atoms with Crippen LogP contribution in [-0.2, 0) is 26.2 Å². The summed E-state index contributed by atoms with van der Waals surface area (Å²) in [6, 6.07) is 13.1. The maximum Gasteiger partial charge on any atom is 0.243 e. The van der Waals surface area contributed by atoms with Gasteiger partial charge in [0.1, 0.15) is 0 Å². The number of sulfonamides is 1. The van der Waals surface area contributed by atoms with E-state index in [-0.39, 0.29) is 17.4 Å². The number of halogens is 1. The van der Waals surface area contributed by atoms with Gasteiger partial charge in [-0.25, -0.2) is 13.5 Å². The van der Waals surface area contributed by atoms with Crippen molar-refractivity contribution in [2.45, 2.75) is 43.4 Å². The number of piperidine rings is 1. The smallest absolute Gasteiger partial charge is 0.243 e. The number of nitrogens with zero attached hydrogens (tertiary/aromatic N) is 2. The summed E-state index contributed by atoms with van der Waals surface area (Å²) in [4.78, 5) is 11.0. The molecule has 1 saturated heterocycles. The maximum atomic E-state index is 13.2. The summed E-state index contributed by atoms with van der Waals surface area (Å²) in [7, 11) is -3.77. The summed E-state index contributed by atoms with van der Waals surface area (Å²) in [5, 5.41) is 10.8. The van der Waals surface area contributed by atoms with E-state index in [9.17, 15) is 18.4 Å². The third-order valence-electron chi connectivity index (χ3n) is 5.33. The van der Waals surface area contributed by atoms with Crippen LogP contribution >= 0.6 is 11.6 Å². The molecule has 1 aliphatic heterocycles. The van der Waals surface area contributed by atoms with Crippen LogP contribution in [0.3, 0.4) is 0 Å². The molecule has 0 spiro atoms. The van der Waals surface area contributed by atoms with E-state index in [1.807, 2.05) is 24.3 Å². The van der Waals surface area contributed by atoms with E-state index in [0.717, 1.165) is 5.56 Å². The lowest BCUT2D eigenvalue weighted by Crippen LogP contribution is -2.41. The highest BCUT2D eigenvalue weighted by Crippen LogP contribution is 2.30. The van der Waals surface area contributed by atoms with Crippen LogP contribution in [0.1, 0.15) is 36.9 Å². The van der Waals surface area contributed by atoms with Gasteiger partial charge in [0.2, 0.25) is 16.4 Å². The first-order valence-electron chi connectivity index (χ1n) is 9.71. The highest BCUT2D eigenvalue weighted by molar-refractivity contribution is 7.89. The van der Waals surface area contributed by atoms with Gasteiger partial charge < -0.3 is 4.74 Å². The predicted molar refractivity (Wildman–Crippen MR) is 113 cm³/mol. The van der Waals surface area contributed by atoms with Crippen LogP contribution in [0, 0.1) is 0 Å². The van der Waals surface area contributed by atoms with Crippen LogP contribution in [-0.4, -0.2) is 48.6 Å². The average molecular weight is 453 g/mol. The van der Waals surface area contributed by atoms with Crippen molar-refractivity contribution in [3.63, 3.8) is 0 Å². The monoisotopic (exact) mass is 452 g/mol. The molecule has 0 saturated carbocycles. The molecule has 9 heteroatoms. The molecule has 1 atom stereocenters. The van der Waals surface area contributed by atoms with Gasteiger partial charge in [-0.2, -0.15) is 4.31 Å². The number of hydrogen-bond acceptors (Lipinski definition) is 5. The van der Waals surface area contributed by atoms with Crippen molar-refractivity contribution < 1.29 is 23.2 Å². The van der Waals surface area contributed by atoms with Gasteiger partial charge in [-0.3, -0.25) is 10.0 Å². The van der Waals surface area contributed by atoms with E-state index in [2.05, 4.69) is 0 Å². The van der Waals surface area contributed by atoms with Gasteiger partial charge in [0.25, 0.3) is 0 Å². The fraction of sp³-hybridized carbons (Fsp3) is 0.381. The number of carbonyl (C=O) groups excluding carboxylic acids is 1. The van der Waals surface area contributed by atoms with Crippen LogP contribution < -0.4 is 0 Å². The first-order chi connectivity index (χ1) is 14.3. The minimum absolute atomic E-state index is 0.0510. The van der Waals surface area contributed by atoms with Crippen molar-refractivity contribution in [1.29, 1.82) is 0 Å². The van der Waals surface area contributed by atoms with Crippen molar-refractivity contribution in [3.8, 4) is 0 Å². The molecule has 3 rings (SSSR count). The largest absolute Gasteiger partial charge is 0.373 e. The standard InChI is InChI=1S/C21H25ClN2O5S/c1-16(24(26)15-25)19-7-3-5-9-21(19)30(27,28)23-12-10-18(11-13-23)29-14-17-6-2-4-8-20(17)22/h2-9,15-16,18,26H,10-14H2,1H3. The van der Waals surface area contributed by atoms with Crippen LogP contribution in [0.4, 0.5) is 0 Å². The zero-order valence-corrected chi connectivity index (χ0v) is 18.2. The van der Waals surface area contributed by atoms with Gasteiger partial charge in [0.05, 0.1) is 23.6 Å². The van der Waals surface area contributed by atoms with Gasteiger partial charge in [-0.05, 0) is 43.0 Å². The summed E-state index contributed by atoms with van der Waals surface area (Å²) in [6.45, 7) is 2.61. The van der Waals surface area contributed by atoms with Crippen molar-refractivity contribution >= 4 is 28.0 Å². The van der Waals surface area contributed by atoms with Crippen molar-refractivity contribution in [2.75, 3.05) is 13.1 Å². The lowest BCUT2D eigenvalue weighted by atomic mass is 10.1. The van der Waals surface area contributed by atoms with Crippen molar-refractivity contribution in [2.24, 2.45) is 0 Å². The van der Waals surface area contributed by atoms with Gasteiger partial charge in [-0.15, -0.1) is 0 Å². The third-order valence-corrected chi connectivity index (χ3v) is 7.67. The zero-order valence-electron chi connectivity index (χ0n) is 16.6. The molecular weight excluding hydrogens is 428 g/mol. The lowest BCUT2D eigenvalue weighted by molar-refractivity contribution is -0.159. The van der Waals surface area contributed by atoms with Crippen LogP contribution in [0.25, 0.3) is 0 Å². The molecule has 2 aromatic rings. The van der Waals surface area contributed by atoms with Crippen molar-refractivity contribution in [3.05, 3.63) is 64.7 Å². The third kappa shape index (κ3) is 5.01. The first-order valence-corrected chi connectivity index (χ1v) is 11.5. The number of rotatable bonds is 8. The molecule has 1 unspecified atom stereocenters. The highest BCUT2D eigenvalue weighted by Gasteiger charge is 2.32. The Morgan fingerprint density at radius 1 is 1.20 bits per heavy atom. The first kappa shape index (κ1) is 22.7. The predicted octanol–water partition coefficient (Wildman–Crippen LogP) is 3.62. The zero-order chi connectivity index (χ0) is 21.7. The molecule has 0 aromatic heterocycles. The quantitative estimate of drug-likeness (QED) is 0.375. The Hall–Kier alpha value is -1.97. The fourth-order valence-electron chi connectivity index (χ4n) is 3.50. The molecule has 162 valence electrons. The number of carbonyl (C=O) groups is 1. The number of benzene rings is 2. The molecule has 1 N–H and O–H groups in total. The lowest BCUT2D eigenvalue weighted by Gasteiger charge is -2.32. The van der Waals surface area contributed by atoms with Gasteiger partial charge >= 0.3 is 0 Å². The Morgan fingerprint density at radius 2 is 1.83 bits per heavy atom. The summed E-state index contributed by atoms with van der Waals surface area (Å²) in [6.07, 6.45) is 1.35. The summed E-state index contributed by atoms with van der Waals surface area (Å²) >= 11 is 6.16. The molecule has 1 fully saturated rings. The SMILES string of the molecule is CC(c1ccccc1S(=O)(=O)N1CCC(OCc2ccccc2Cl)CC1)N(O)C=O. The van der Waals surface area contributed by atoms with E-state index < -0.39 is 16.1 Å². The van der Waals surface area contributed by atoms with E-state index >= 15 is 0 Å². The Morgan fingerprint density at radius 3 is 2.50 bits per heavy atom. The summed E-state index contributed by atoms with van der Waals surface area (Å²) < 4.78 is 33.8. The Bertz CT molecular complexity index is 977. The van der Waals surface area contributed by atoms with Crippen LogP contribution in [0.15, 0.2) is 53.4 Å². The normalized spacial score (nSPS) is 16.9. The summed E-state index contributed by atoms with van der Waals surface area (Å²) in [5.74, 6) is 0. The number of hydrogen-bond donors (Lipinski definition) is 1. The van der Waals surface area contributed by atoms with Gasteiger partial charge in [0.15, 0.2) is 0 Å². The Kier molecular flexibility index (Phi) is 7.49. The van der Waals surface area contributed by atoms with E-state index in [1.54, 1.807) is 25.1 Å². The molecule has 0 bridgehead atoms. The van der Waals surface area contributed by atoms with E-state index in [4.69, 9.17) is 16.3 Å². The van der Waals surface area contributed by atoms with Crippen molar-refractivity contribution in [1.82, 2.24) is 9.37 Å². The molecule has 1 aliphatic rings. The molecule has 30 heavy (non-hydrogen) atoms. The minimum Gasteiger partial charge on any atom is -0.373 e. The molecule has 2 aromatic carbocycles. The second kappa shape index (κ2) is 9.89. The van der Waals surface area contributed by atoms with Crippen LogP contribution in [0.2, 0.25) is 5.02 Å². The second-order valence-electron chi connectivity index (χ2n) is 7.21. The topological polar surface area (TPSA) is 87.2 Å². The summed E-state index contributed by atoms with van der Waals surface area (Å²) in [5.41, 5.74) is 1.27. The molecular formula is C21H25ClN2O5S. The van der Waals surface area contributed by atoms with Gasteiger partial charge in [0, 0.05) is 18.1 Å². The highest BCUT2D eigenvalue weighted by atomic mass is 35.5. The van der Waals surface area contributed by atoms with Gasteiger partial charge in [-0.1, -0.05) is 48.0 Å². The molecule has 1 heterocycles. The van der Waals surface area contributed by atoms with E-state index in [1.165, 1.54) is 10.4 Å². The average Bonchev–Trinajstić information content (AvgIpc) is 2.77. The Balaban J connectivity index is 1.67. The van der Waals surface area contributed by atoms with Crippen LogP contribution in [0.5, 0.6) is 0 Å². The molecule has 0 radical (unpaired) electrons.